The molecular formula is C16H23BF3KN2O2. The van der Waals surface area contributed by atoms with Gasteiger partial charge in [0.25, 0.3) is 0 Å². The second kappa shape index (κ2) is 9.23. The summed E-state index contributed by atoms with van der Waals surface area (Å²) in [6.07, 6.45) is -0.897. The summed E-state index contributed by atoms with van der Waals surface area (Å²) in [4.78, 5) is 14.7. The maximum atomic E-state index is 13.5. The van der Waals surface area contributed by atoms with E-state index < -0.39 is 24.6 Å². The Kier molecular flexibility index (Phi) is 8.49. The molecule has 0 N–H and O–H groups in total. The van der Waals surface area contributed by atoms with E-state index in [4.69, 9.17) is 4.74 Å². The smallest absolute Gasteiger partial charge is 0.448 e. The molecular weight excluding hydrogens is 359 g/mol. The largest absolute Gasteiger partial charge is 1.00 e. The van der Waals surface area contributed by atoms with Crippen molar-refractivity contribution in [3.8, 4) is 0 Å². The third-order valence-corrected chi connectivity index (χ3v) is 3.82. The number of nitrogens with zero attached hydrogens (tertiary/aromatic N) is 2. The van der Waals surface area contributed by atoms with Crippen molar-refractivity contribution in [2.45, 2.75) is 38.9 Å². The number of carbonyl (C=O) groups excluding carboxylic acids is 1. The Morgan fingerprint density at radius 1 is 1.20 bits per heavy atom. The summed E-state index contributed by atoms with van der Waals surface area (Å²) >= 11 is 0. The minimum Gasteiger partial charge on any atom is -0.448 e. The van der Waals surface area contributed by atoms with Gasteiger partial charge in [-0.05, 0) is 32.9 Å². The van der Waals surface area contributed by atoms with E-state index >= 15 is 0 Å². The zero-order valence-electron chi connectivity index (χ0n) is 15.2. The fourth-order valence-electron chi connectivity index (χ4n) is 2.73. The molecule has 0 aliphatic carbocycles. The molecule has 1 unspecified atom stereocenters. The van der Waals surface area contributed by atoms with E-state index in [1.54, 1.807) is 25.7 Å². The van der Waals surface area contributed by atoms with Gasteiger partial charge in [-0.3, -0.25) is 4.90 Å². The molecule has 4 nitrogen and oxygen atoms in total. The molecule has 1 fully saturated rings. The van der Waals surface area contributed by atoms with Crippen LogP contribution >= 0.6 is 0 Å². The SMILES string of the molecule is CC(C)(C)OC(=O)N1CCN(Cc2ccccc2)CC1[B-](F)(F)F.[K+]. The summed E-state index contributed by atoms with van der Waals surface area (Å²) in [5.74, 6) is -1.79. The van der Waals surface area contributed by atoms with Crippen LogP contribution in [-0.2, 0) is 11.3 Å². The van der Waals surface area contributed by atoms with Crippen LogP contribution in [0.1, 0.15) is 26.3 Å². The number of benzene rings is 1. The van der Waals surface area contributed by atoms with Crippen LogP contribution < -0.4 is 51.4 Å². The van der Waals surface area contributed by atoms with E-state index in [1.807, 2.05) is 30.3 Å². The van der Waals surface area contributed by atoms with Gasteiger partial charge in [-0.1, -0.05) is 30.3 Å². The van der Waals surface area contributed by atoms with Crippen LogP contribution in [-0.4, -0.2) is 54.0 Å². The van der Waals surface area contributed by atoms with E-state index in [1.165, 1.54) is 0 Å². The molecule has 0 bridgehead atoms. The summed E-state index contributed by atoms with van der Waals surface area (Å²) in [6.45, 7) is 0.348. The predicted molar refractivity (Wildman–Crippen MR) is 87.5 cm³/mol. The van der Waals surface area contributed by atoms with E-state index in [9.17, 15) is 17.7 Å². The van der Waals surface area contributed by atoms with Crippen LogP contribution in [0.3, 0.4) is 0 Å². The number of hydrogen-bond donors (Lipinski definition) is 0. The minimum absolute atomic E-state index is 0. The molecule has 134 valence electrons. The normalized spacial score (nSPS) is 19.3. The average Bonchev–Trinajstić information content (AvgIpc) is 2.45. The topological polar surface area (TPSA) is 32.8 Å². The van der Waals surface area contributed by atoms with Crippen LogP contribution in [0.25, 0.3) is 0 Å². The molecule has 1 aliphatic heterocycles. The first-order valence-electron chi connectivity index (χ1n) is 8.02. The van der Waals surface area contributed by atoms with Gasteiger partial charge in [0.05, 0.1) is 0 Å². The molecule has 9 heteroatoms. The molecule has 1 aromatic carbocycles. The first-order chi connectivity index (χ1) is 11.1. The molecule has 1 aliphatic rings. The molecule has 1 atom stereocenters. The maximum Gasteiger partial charge on any atom is 1.00 e. The third kappa shape index (κ3) is 7.22. The molecule has 1 heterocycles. The van der Waals surface area contributed by atoms with Gasteiger partial charge >= 0.3 is 64.5 Å². The second-order valence-electron chi connectivity index (χ2n) is 7.09. The summed E-state index contributed by atoms with van der Waals surface area (Å²) in [7, 11) is 0. The third-order valence-electron chi connectivity index (χ3n) is 3.82. The van der Waals surface area contributed by atoms with Crippen molar-refractivity contribution >= 4 is 13.1 Å². The number of halogens is 3. The second-order valence-corrected chi connectivity index (χ2v) is 7.09. The van der Waals surface area contributed by atoms with Gasteiger partial charge in [0.1, 0.15) is 5.60 Å². The van der Waals surface area contributed by atoms with Crippen LogP contribution in [0.2, 0.25) is 0 Å². The van der Waals surface area contributed by atoms with Crippen LogP contribution in [0.15, 0.2) is 30.3 Å². The summed E-state index contributed by atoms with van der Waals surface area (Å²) < 4.78 is 45.6. The Hall–Kier alpha value is -0.0587. The maximum absolute atomic E-state index is 13.5. The van der Waals surface area contributed by atoms with E-state index in [2.05, 4.69) is 0 Å². The van der Waals surface area contributed by atoms with Crippen molar-refractivity contribution < 1.29 is 73.9 Å². The average molecular weight is 382 g/mol. The predicted octanol–water partition coefficient (Wildman–Crippen LogP) is 0.499. The number of hydrogen-bond acceptors (Lipinski definition) is 3. The molecule has 2 rings (SSSR count). The zero-order chi connectivity index (χ0) is 18.0. The van der Waals surface area contributed by atoms with Gasteiger partial charge in [0.2, 0.25) is 0 Å². The zero-order valence-corrected chi connectivity index (χ0v) is 18.3. The minimum atomic E-state index is -5.19. The van der Waals surface area contributed by atoms with E-state index in [0.717, 1.165) is 10.5 Å². The standard InChI is InChI=1S/C16H23BF3N2O2.K/c1-16(2,3)24-15(23)22-10-9-21(12-14(22)17(18,19)20)11-13-7-5-4-6-8-13;/h4-8,14H,9-12H2,1-3H3;/q-1;+1. The molecule has 0 spiro atoms. The van der Waals surface area contributed by atoms with Gasteiger partial charge < -0.3 is 22.6 Å². The van der Waals surface area contributed by atoms with Gasteiger partial charge in [-0.25, -0.2) is 4.79 Å². The van der Waals surface area contributed by atoms with Crippen LogP contribution in [0.5, 0.6) is 0 Å². The number of amides is 1. The van der Waals surface area contributed by atoms with Crippen molar-refractivity contribution in [2.24, 2.45) is 0 Å². The molecule has 0 saturated carbocycles. The fraction of sp³-hybridized carbons (Fsp3) is 0.562. The van der Waals surface area contributed by atoms with Gasteiger partial charge in [-0.15, -0.1) is 0 Å². The first kappa shape index (κ1) is 23.0. The van der Waals surface area contributed by atoms with Crippen LogP contribution in [0.4, 0.5) is 17.7 Å². The first-order valence-corrected chi connectivity index (χ1v) is 8.02. The Morgan fingerprint density at radius 2 is 1.80 bits per heavy atom. The number of rotatable bonds is 3. The van der Waals surface area contributed by atoms with Crippen molar-refractivity contribution in [1.82, 2.24) is 9.80 Å². The van der Waals surface area contributed by atoms with Crippen LogP contribution in [0, 0.1) is 0 Å². The fourth-order valence-corrected chi connectivity index (χ4v) is 2.73. The number of piperazine rings is 1. The molecule has 1 aromatic rings. The Labute approximate surface area is 189 Å². The molecule has 0 aromatic heterocycles. The van der Waals surface area contributed by atoms with Gasteiger partial charge in [0, 0.05) is 25.6 Å². The van der Waals surface area contributed by atoms with E-state index in [0.29, 0.717) is 13.1 Å². The monoisotopic (exact) mass is 382 g/mol. The van der Waals surface area contributed by atoms with Gasteiger partial charge in [-0.2, -0.15) is 0 Å². The van der Waals surface area contributed by atoms with Crippen molar-refractivity contribution in [1.29, 1.82) is 0 Å². The quantitative estimate of drug-likeness (QED) is 0.714. The molecule has 1 amide bonds. The van der Waals surface area contributed by atoms with Crippen molar-refractivity contribution in [3.63, 3.8) is 0 Å². The molecule has 1 saturated heterocycles. The Morgan fingerprint density at radius 3 is 2.32 bits per heavy atom. The summed E-state index contributed by atoms with van der Waals surface area (Å²) in [5.41, 5.74) is 0.137. The Bertz CT molecular complexity index is 567. The van der Waals surface area contributed by atoms with Crippen molar-refractivity contribution in [3.05, 3.63) is 35.9 Å². The van der Waals surface area contributed by atoms with Gasteiger partial charge in [0.15, 0.2) is 0 Å². The van der Waals surface area contributed by atoms with Crippen molar-refractivity contribution in [2.75, 3.05) is 19.6 Å². The summed E-state index contributed by atoms with van der Waals surface area (Å²) in [5, 5.41) is 0. The summed E-state index contributed by atoms with van der Waals surface area (Å²) in [6, 6.07) is 9.35. The Balaban J connectivity index is 0.00000312. The molecule has 0 radical (unpaired) electrons. The number of ether oxygens (including phenoxy) is 1. The number of carbonyl (C=O) groups is 1. The molecule has 25 heavy (non-hydrogen) atoms. The van der Waals surface area contributed by atoms with E-state index in [-0.39, 0.29) is 64.5 Å².